The SMILES string of the molecule is OCC1CCCN1CCOc1ccccc1F. The zero-order chi connectivity index (χ0) is 12.1. The number of ether oxygens (including phenoxy) is 1. The highest BCUT2D eigenvalue weighted by Crippen LogP contribution is 2.18. The van der Waals surface area contributed by atoms with Gasteiger partial charge in [-0.15, -0.1) is 0 Å². The number of nitrogens with zero attached hydrogens (tertiary/aromatic N) is 1. The molecule has 3 nitrogen and oxygen atoms in total. The minimum absolute atomic E-state index is 0.194. The Bertz CT molecular complexity index is 359. The van der Waals surface area contributed by atoms with Crippen LogP contribution in [-0.4, -0.2) is 42.4 Å². The summed E-state index contributed by atoms with van der Waals surface area (Å²) in [5.41, 5.74) is 0. The van der Waals surface area contributed by atoms with Gasteiger partial charge >= 0.3 is 0 Å². The predicted octanol–water partition coefficient (Wildman–Crippen LogP) is 1.66. The predicted molar refractivity (Wildman–Crippen MR) is 63.6 cm³/mol. The lowest BCUT2D eigenvalue weighted by Gasteiger charge is -2.22. The molecular weight excluding hydrogens is 221 g/mol. The highest BCUT2D eigenvalue weighted by Gasteiger charge is 2.23. The Balaban J connectivity index is 1.78. The van der Waals surface area contributed by atoms with Crippen LogP contribution in [0.5, 0.6) is 5.75 Å². The van der Waals surface area contributed by atoms with E-state index in [0.29, 0.717) is 12.4 Å². The second kappa shape index (κ2) is 5.98. The van der Waals surface area contributed by atoms with Crippen LogP contribution >= 0.6 is 0 Å². The third-order valence-electron chi connectivity index (χ3n) is 3.18. The maximum absolute atomic E-state index is 13.3. The molecule has 1 aromatic rings. The van der Waals surface area contributed by atoms with E-state index in [1.807, 2.05) is 0 Å². The minimum atomic E-state index is -0.326. The van der Waals surface area contributed by atoms with E-state index in [4.69, 9.17) is 9.84 Å². The highest BCUT2D eigenvalue weighted by molar-refractivity contribution is 5.23. The topological polar surface area (TPSA) is 32.7 Å². The van der Waals surface area contributed by atoms with Crippen molar-refractivity contribution < 1.29 is 14.2 Å². The number of benzene rings is 1. The molecule has 4 heteroatoms. The van der Waals surface area contributed by atoms with E-state index in [1.54, 1.807) is 18.2 Å². The van der Waals surface area contributed by atoms with Crippen LogP contribution in [0.4, 0.5) is 4.39 Å². The second-order valence-electron chi connectivity index (χ2n) is 4.29. The van der Waals surface area contributed by atoms with Crippen LogP contribution in [0.15, 0.2) is 24.3 Å². The molecule has 1 saturated heterocycles. The van der Waals surface area contributed by atoms with Crippen molar-refractivity contribution in [1.29, 1.82) is 0 Å². The number of para-hydroxylation sites is 1. The summed E-state index contributed by atoms with van der Waals surface area (Å²) in [7, 11) is 0. The molecule has 1 heterocycles. The van der Waals surface area contributed by atoms with Crippen LogP contribution in [0, 0.1) is 5.82 Å². The van der Waals surface area contributed by atoms with E-state index in [0.717, 1.165) is 25.9 Å². The molecule has 0 spiro atoms. The van der Waals surface area contributed by atoms with Crippen molar-refractivity contribution in [2.75, 3.05) is 26.3 Å². The first-order valence-electron chi connectivity index (χ1n) is 6.03. The van der Waals surface area contributed by atoms with Crippen LogP contribution in [0.2, 0.25) is 0 Å². The van der Waals surface area contributed by atoms with E-state index >= 15 is 0 Å². The summed E-state index contributed by atoms with van der Waals surface area (Å²) in [5, 5.41) is 9.15. The summed E-state index contributed by atoms with van der Waals surface area (Å²) in [4.78, 5) is 2.20. The Morgan fingerprint density at radius 3 is 3.00 bits per heavy atom. The summed E-state index contributed by atoms with van der Waals surface area (Å²) < 4.78 is 18.6. The van der Waals surface area contributed by atoms with Crippen LogP contribution < -0.4 is 4.74 Å². The van der Waals surface area contributed by atoms with Gasteiger partial charge in [0, 0.05) is 12.6 Å². The first kappa shape index (κ1) is 12.3. The molecule has 1 atom stereocenters. The van der Waals surface area contributed by atoms with Crippen molar-refractivity contribution >= 4 is 0 Å². The van der Waals surface area contributed by atoms with Gasteiger partial charge in [0.05, 0.1) is 6.61 Å². The standard InChI is InChI=1S/C13H18FNO2/c14-12-5-1-2-6-13(12)17-9-8-15-7-3-4-11(15)10-16/h1-2,5-6,11,16H,3-4,7-10H2. The lowest BCUT2D eigenvalue weighted by atomic mass is 10.2. The van der Waals surface area contributed by atoms with Gasteiger partial charge < -0.3 is 9.84 Å². The van der Waals surface area contributed by atoms with Crippen molar-refractivity contribution in [1.82, 2.24) is 4.90 Å². The average molecular weight is 239 g/mol. The largest absolute Gasteiger partial charge is 0.489 e. The molecule has 0 saturated carbocycles. The van der Waals surface area contributed by atoms with Gasteiger partial charge in [-0.2, -0.15) is 0 Å². The van der Waals surface area contributed by atoms with Crippen LogP contribution in [0.3, 0.4) is 0 Å². The van der Waals surface area contributed by atoms with Gasteiger partial charge in [-0.3, -0.25) is 4.90 Å². The third kappa shape index (κ3) is 3.17. The second-order valence-corrected chi connectivity index (χ2v) is 4.29. The number of hydrogen-bond donors (Lipinski definition) is 1. The minimum Gasteiger partial charge on any atom is -0.489 e. The van der Waals surface area contributed by atoms with E-state index in [9.17, 15) is 4.39 Å². The molecule has 1 aliphatic heterocycles. The number of likely N-dealkylation sites (tertiary alicyclic amines) is 1. The summed E-state index contributed by atoms with van der Waals surface area (Å²) >= 11 is 0. The van der Waals surface area contributed by atoms with E-state index in [-0.39, 0.29) is 18.5 Å². The van der Waals surface area contributed by atoms with Gasteiger partial charge in [-0.05, 0) is 31.5 Å². The summed E-state index contributed by atoms with van der Waals surface area (Å²) in [6.45, 7) is 2.38. The van der Waals surface area contributed by atoms with Crippen LogP contribution in [-0.2, 0) is 0 Å². The fraction of sp³-hybridized carbons (Fsp3) is 0.538. The molecule has 17 heavy (non-hydrogen) atoms. The molecule has 0 aliphatic carbocycles. The maximum atomic E-state index is 13.3. The lowest BCUT2D eigenvalue weighted by Crippen LogP contribution is -2.35. The summed E-state index contributed by atoms with van der Waals surface area (Å²) in [6.07, 6.45) is 2.15. The van der Waals surface area contributed by atoms with Crippen molar-refractivity contribution in [3.05, 3.63) is 30.1 Å². The van der Waals surface area contributed by atoms with Gasteiger partial charge in [0.15, 0.2) is 11.6 Å². The normalized spacial score (nSPS) is 20.7. The number of rotatable bonds is 5. The first-order valence-corrected chi connectivity index (χ1v) is 6.03. The molecule has 0 amide bonds. The molecular formula is C13H18FNO2. The molecule has 1 unspecified atom stereocenters. The first-order chi connectivity index (χ1) is 8.31. The Hall–Kier alpha value is -1.13. The van der Waals surface area contributed by atoms with Gasteiger partial charge in [0.25, 0.3) is 0 Å². The molecule has 1 aromatic carbocycles. The Kier molecular flexibility index (Phi) is 4.34. The van der Waals surface area contributed by atoms with Gasteiger partial charge in [0.2, 0.25) is 0 Å². The van der Waals surface area contributed by atoms with Gasteiger partial charge in [0.1, 0.15) is 6.61 Å². The van der Waals surface area contributed by atoms with Crippen molar-refractivity contribution in [3.63, 3.8) is 0 Å². The van der Waals surface area contributed by atoms with Crippen molar-refractivity contribution in [3.8, 4) is 5.75 Å². The monoisotopic (exact) mass is 239 g/mol. The summed E-state index contributed by atoms with van der Waals surface area (Å²) in [6, 6.07) is 6.67. The van der Waals surface area contributed by atoms with Gasteiger partial charge in [-0.25, -0.2) is 4.39 Å². The lowest BCUT2D eigenvalue weighted by molar-refractivity contribution is 0.138. The smallest absolute Gasteiger partial charge is 0.165 e. The van der Waals surface area contributed by atoms with Crippen LogP contribution in [0.25, 0.3) is 0 Å². The molecule has 0 aromatic heterocycles. The molecule has 1 N–H and O–H groups in total. The Labute approximate surface area is 101 Å². The zero-order valence-corrected chi connectivity index (χ0v) is 9.81. The van der Waals surface area contributed by atoms with E-state index in [1.165, 1.54) is 6.07 Å². The van der Waals surface area contributed by atoms with Crippen molar-refractivity contribution in [2.45, 2.75) is 18.9 Å². The number of hydrogen-bond acceptors (Lipinski definition) is 3. The average Bonchev–Trinajstić information content (AvgIpc) is 2.79. The molecule has 0 radical (unpaired) electrons. The maximum Gasteiger partial charge on any atom is 0.165 e. The fourth-order valence-electron chi connectivity index (χ4n) is 2.23. The molecule has 2 rings (SSSR count). The number of halogens is 1. The Morgan fingerprint density at radius 1 is 1.41 bits per heavy atom. The Morgan fingerprint density at radius 2 is 2.24 bits per heavy atom. The molecule has 0 bridgehead atoms. The molecule has 1 aliphatic rings. The third-order valence-corrected chi connectivity index (χ3v) is 3.18. The highest BCUT2D eigenvalue weighted by atomic mass is 19.1. The van der Waals surface area contributed by atoms with E-state index < -0.39 is 0 Å². The number of aliphatic hydroxyl groups is 1. The molecule has 1 fully saturated rings. The fourth-order valence-corrected chi connectivity index (χ4v) is 2.23. The zero-order valence-electron chi connectivity index (χ0n) is 9.81. The van der Waals surface area contributed by atoms with Gasteiger partial charge in [-0.1, -0.05) is 12.1 Å². The summed E-state index contributed by atoms with van der Waals surface area (Å²) in [5.74, 6) is -0.0279. The number of aliphatic hydroxyl groups excluding tert-OH is 1. The van der Waals surface area contributed by atoms with E-state index in [2.05, 4.69) is 4.90 Å². The van der Waals surface area contributed by atoms with Crippen molar-refractivity contribution in [2.24, 2.45) is 0 Å². The van der Waals surface area contributed by atoms with Crippen LogP contribution in [0.1, 0.15) is 12.8 Å². The molecule has 94 valence electrons. The quantitative estimate of drug-likeness (QED) is 0.848.